The lowest BCUT2D eigenvalue weighted by Gasteiger charge is -2.25. The molecule has 2 rings (SSSR count). The van der Waals surface area contributed by atoms with Crippen LogP contribution in [0.2, 0.25) is 0 Å². The molecule has 112 valence electrons. The van der Waals surface area contributed by atoms with E-state index < -0.39 is 10.4 Å². The number of nitrogens with two attached hydrogens (primary N) is 1. The summed E-state index contributed by atoms with van der Waals surface area (Å²) >= 11 is 0. The zero-order chi connectivity index (χ0) is 14.3. The van der Waals surface area contributed by atoms with Crippen LogP contribution in [0, 0.1) is 0 Å². The molecule has 2 saturated heterocycles. The minimum absolute atomic E-state index is 1.05. The molecule has 0 aliphatic carbocycles. The second-order valence-corrected chi connectivity index (χ2v) is 5.80. The second kappa shape index (κ2) is 7.66. The Morgan fingerprint density at radius 2 is 1.37 bits per heavy atom. The van der Waals surface area contributed by atoms with E-state index in [9.17, 15) is 0 Å². The van der Waals surface area contributed by atoms with E-state index in [1.807, 2.05) is 0 Å². The Hall–Kier alpha value is -0.860. The Bertz CT molecular complexity index is 386. The van der Waals surface area contributed by atoms with E-state index in [1.54, 1.807) is 0 Å². The molecule has 7 nitrogen and oxygen atoms in total. The van der Waals surface area contributed by atoms with Gasteiger partial charge < -0.3 is 0 Å². The molecule has 0 spiro atoms. The van der Waals surface area contributed by atoms with E-state index in [2.05, 4.69) is 9.48 Å². The highest BCUT2D eigenvalue weighted by Crippen LogP contribution is 2.10. The van der Waals surface area contributed by atoms with Gasteiger partial charge in [-0.25, -0.2) is 0 Å². The van der Waals surface area contributed by atoms with Crippen molar-refractivity contribution in [2.75, 3.05) is 26.2 Å². The summed E-state index contributed by atoms with van der Waals surface area (Å²) in [7, 11) is -4.67. The molecule has 2 aliphatic rings. The van der Waals surface area contributed by atoms with Crippen LogP contribution in [0.4, 0.5) is 0 Å². The Morgan fingerprint density at radius 3 is 1.84 bits per heavy atom. The van der Waals surface area contributed by atoms with E-state index in [-0.39, 0.29) is 0 Å². The molecule has 0 atom stereocenters. The summed E-state index contributed by atoms with van der Waals surface area (Å²) in [6, 6.07) is 0. The minimum Gasteiger partial charge on any atom is -0.291 e. The van der Waals surface area contributed by atoms with Gasteiger partial charge in [0.1, 0.15) is 0 Å². The predicted octanol–water partition coefficient (Wildman–Crippen LogP) is 0.331. The van der Waals surface area contributed by atoms with E-state index in [0.29, 0.717) is 0 Å². The van der Waals surface area contributed by atoms with E-state index in [1.165, 1.54) is 64.7 Å². The first-order valence-corrected chi connectivity index (χ1v) is 8.10. The number of nitrogens with zero attached hydrogens (tertiary/aromatic N) is 2. The third-order valence-electron chi connectivity index (χ3n) is 3.36. The normalized spacial score (nSPS) is 20.5. The Morgan fingerprint density at radius 1 is 0.947 bits per heavy atom. The average Bonchev–Trinajstić information content (AvgIpc) is 2.38. The molecule has 4 N–H and O–H groups in total. The summed E-state index contributed by atoms with van der Waals surface area (Å²) < 4.78 is 34.0. The molecule has 19 heavy (non-hydrogen) atoms. The first kappa shape index (κ1) is 16.2. The number of hydrogen-bond donors (Lipinski definition) is 3. The van der Waals surface area contributed by atoms with Crippen molar-refractivity contribution < 1.29 is 22.1 Å². The van der Waals surface area contributed by atoms with E-state index >= 15 is 0 Å². The van der Waals surface area contributed by atoms with Crippen molar-refractivity contribution >= 4 is 16.4 Å². The van der Waals surface area contributed by atoms with Crippen LogP contribution in [-0.4, -0.2) is 59.1 Å². The maximum absolute atomic E-state index is 8.74. The van der Waals surface area contributed by atoms with Crippen molar-refractivity contribution in [3.63, 3.8) is 0 Å². The molecule has 8 heteroatoms. The van der Waals surface area contributed by atoms with Crippen LogP contribution in [0.3, 0.4) is 0 Å². The molecule has 2 heterocycles. The molecular weight excluding hydrogens is 270 g/mol. The first-order chi connectivity index (χ1) is 8.88. The number of likely N-dealkylation sites (tertiary alicyclic amines) is 1. The molecule has 0 amide bonds. The quantitative estimate of drug-likeness (QED) is 0.338. The second-order valence-electron chi connectivity index (χ2n) is 4.90. The molecule has 0 bridgehead atoms. The van der Waals surface area contributed by atoms with Gasteiger partial charge in [0, 0.05) is 0 Å². The molecule has 0 unspecified atom stereocenters. The van der Waals surface area contributed by atoms with Gasteiger partial charge in [-0.2, -0.15) is 8.42 Å². The largest absolute Gasteiger partial charge is 0.394 e. The summed E-state index contributed by atoms with van der Waals surface area (Å²) in [5.74, 6) is 1.05. The van der Waals surface area contributed by atoms with E-state index in [0.717, 1.165) is 5.96 Å². The van der Waals surface area contributed by atoms with Gasteiger partial charge in [0.2, 0.25) is 0 Å². The SMILES string of the molecule is NC(N1CCCCC1)=[N+]1CCCCC1.O=S(=O)(O)O. The third-order valence-corrected chi connectivity index (χ3v) is 3.36. The smallest absolute Gasteiger partial charge is 0.291 e. The number of rotatable bonds is 0. The van der Waals surface area contributed by atoms with Crippen molar-refractivity contribution in [1.82, 2.24) is 4.90 Å². The fourth-order valence-electron chi connectivity index (χ4n) is 2.45. The van der Waals surface area contributed by atoms with E-state index in [4.69, 9.17) is 23.3 Å². The lowest BCUT2D eigenvalue weighted by Crippen LogP contribution is -2.47. The average molecular weight is 294 g/mol. The fourth-order valence-corrected chi connectivity index (χ4v) is 2.45. The Kier molecular flexibility index (Phi) is 6.53. The molecule has 0 aromatic rings. The van der Waals surface area contributed by atoms with Crippen LogP contribution in [0.5, 0.6) is 0 Å². The first-order valence-electron chi connectivity index (χ1n) is 6.70. The molecule has 0 radical (unpaired) electrons. The monoisotopic (exact) mass is 294 g/mol. The lowest BCUT2D eigenvalue weighted by atomic mass is 10.1. The van der Waals surface area contributed by atoms with Gasteiger partial charge in [-0.3, -0.25) is 24.3 Å². The minimum atomic E-state index is -4.67. The highest BCUT2D eigenvalue weighted by molar-refractivity contribution is 7.79. The Labute approximate surface area is 114 Å². The summed E-state index contributed by atoms with van der Waals surface area (Å²) in [5.41, 5.74) is 6.19. The van der Waals surface area contributed by atoms with Crippen molar-refractivity contribution in [3.8, 4) is 0 Å². The number of piperidine rings is 2. The highest BCUT2D eigenvalue weighted by atomic mass is 32.3. The summed E-state index contributed by atoms with van der Waals surface area (Å²) in [5, 5.41) is 0. The third kappa shape index (κ3) is 7.34. The maximum Gasteiger partial charge on any atom is 0.394 e. The molecular formula is C11H24N3O4S+. The van der Waals surface area contributed by atoms with Crippen molar-refractivity contribution in [1.29, 1.82) is 0 Å². The van der Waals surface area contributed by atoms with Crippen LogP contribution in [0.15, 0.2) is 0 Å². The number of hydrogen-bond acceptors (Lipinski definition) is 2. The molecule has 0 saturated carbocycles. The van der Waals surface area contributed by atoms with Crippen molar-refractivity contribution in [2.45, 2.75) is 38.5 Å². The zero-order valence-corrected chi connectivity index (χ0v) is 12.0. The molecule has 2 fully saturated rings. The van der Waals surface area contributed by atoms with Gasteiger partial charge >= 0.3 is 16.4 Å². The molecule has 2 aliphatic heterocycles. The maximum atomic E-state index is 8.74. The van der Waals surface area contributed by atoms with Crippen LogP contribution in [-0.2, 0) is 10.4 Å². The van der Waals surface area contributed by atoms with Gasteiger partial charge in [0.15, 0.2) is 0 Å². The van der Waals surface area contributed by atoms with Gasteiger partial charge in [-0.15, -0.1) is 0 Å². The lowest BCUT2D eigenvalue weighted by molar-refractivity contribution is -0.543. The highest BCUT2D eigenvalue weighted by Gasteiger charge is 2.21. The standard InChI is InChI=1S/C11H21N3.H2O4S/c12-11(13-7-3-1-4-8-13)14-9-5-2-6-10-14;1-5(2,3)4/h12H,1-10H2;(H2,1,2,3,4)/p+1. The van der Waals surface area contributed by atoms with Crippen LogP contribution in [0.25, 0.3) is 0 Å². The topological polar surface area (TPSA) is 107 Å². The number of guanidine groups is 1. The zero-order valence-electron chi connectivity index (χ0n) is 11.2. The van der Waals surface area contributed by atoms with Crippen LogP contribution >= 0.6 is 0 Å². The fraction of sp³-hybridized carbons (Fsp3) is 0.909. The van der Waals surface area contributed by atoms with Crippen LogP contribution < -0.4 is 5.73 Å². The molecule has 0 aromatic heterocycles. The van der Waals surface area contributed by atoms with Gasteiger partial charge in [-0.1, -0.05) is 0 Å². The van der Waals surface area contributed by atoms with Crippen LogP contribution in [0.1, 0.15) is 38.5 Å². The predicted molar refractivity (Wildman–Crippen MR) is 72.6 cm³/mol. The van der Waals surface area contributed by atoms with Crippen molar-refractivity contribution in [2.24, 2.45) is 5.73 Å². The molecule has 0 aromatic carbocycles. The van der Waals surface area contributed by atoms with Gasteiger partial charge in [-0.05, 0) is 38.5 Å². The summed E-state index contributed by atoms with van der Waals surface area (Å²) in [6.07, 6.45) is 8.01. The van der Waals surface area contributed by atoms with Gasteiger partial charge in [0.25, 0.3) is 0 Å². The Balaban J connectivity index is 0.000000312. The van der Waals surface area contributed by atoms with Crippen molar-refractivity contribution in [3.05, 3.63) is 0 Å². The summed E-state index contributed by atoms with van der Waals surface area (Å²) in [4.78, 5) is 2.37. The van der Waals surface area contributed by atoms with Gasteiger partial charge in [0.05, 0.1) is 26.2 Å². The summed E-state index contributed by atoms with van der Waals surface area (Å²) in [6.45, 7) is 4.68.